The number of aromatic nitrogens is 3. The summed E-state index contributed by atoms with van der Waals surface area (Å²) in [5.41, 5.74) is 2.39. The Morgan fingerprint density at radius 2 is 1.66 bits per heavy atom. The number of carbonyl (C=O) groups is 1. The van der Waals surface area contributed by atoms with Crippen molar-refractivity contribution in [1.82, 2.24) is 18.0 Å². The third-order valence-electron chi connectivity index (χ3n) is 6.46. The first kappa shape index (κ1) is 23.1. The molecule has 0 radical (unpaired) electrons. The normalized spacial score (nSPS) is 14.8. The van der Waals surface area contributed by atoms with Gasteiger partial charge < -0.3 is 9.73 Å². The number of rotatable bonds is 6. The number of benzene rings is 2. The molecule has 0 unspecified atom stereocenters. The Balaban J connectivity index is 1.32. The van der Waals surface area contributed by atoms with Crippen LogP contribution in [-0.4, -0.2) is 45.4 Å². The Bertz CT molecular complexity index is 1690. The molecule has 11 nitrogen and oxygen atoms in total. The van der Waals surface area contributed by atoms with E-state index in [4.69, 9.17) is 4.42 Å². The van der Waals surface area contributed by atoms with E-state index in [1.54, 1.807) is 32.3 Å². The maximum absolute atomic E-state index is 12.8. The SMILES string of the molecule is Cn1c(=O)n(C)c2cc(NC(=O)CCn3c(=O)oc4cc(S(=O)(=O)N5CCCC5)ccc43)ccc21. The molecule has 0 aliphatic carbocycles. The molecule has 0 saturated carbocycles. The molecule has 3 heterocycles. The highest BCUT2D eigenvalue weighted by atomic mass is 32.2. The largest absolute Gasteiger partial charge is 0.419 e. The first-order chi connectivity index (χ1) is 16.7. The minimum absolute atomic E-state index is 0.00583. The molecule has 2 aromatic heterocycles. The number of fused-ring (bicyclic) bond motifs is 2. The molecule has 1 fully saturated rings. The molecule has 1 saturated heterocycles. The number of sulfonamides is 1. The number of oxazole rings is 1. The van der Waals surface area contributed by atoms with Gasteiger partial charge >= 0.3 is 11.4 Å². The molecule has 5 rings (SSSR count). The van der Waals surface area contributed by atoms with Gasteiger partial charge in [-0.25, -0.2) is 18.0 Å². The van der Waals surface area contributed by atoms with Crippen molar-refractivity contribution in [2.24, 2.45) is 14.1 Å². The van der Waals surface area contributed by atoms with E-state index in [9.17, 15) is 22.8 Å². The molecule has 35 heavy (non-hydrogen) atoms. The van der Waals surface area contributed by atoms with E-state index in [0.29, 0.717) is 29.8 Å². The van der Waals surface area contributed by atoms with Gasteiger partial charge in [-0.05, 0) is 43.2 Å². The fourth-order valence-corrected chi connectivity index (χ4v) is 6.05. The smallest absolute Gasteiger partial charge is 0.408 e. The zero-order chi connectivity index (χ0) is 24.9. The van der Waals surface area contributed by atoms with Gasteiger partial charge in [0.25, 0.3) is 0 Å². The summed E-state index contributed by atoms with van der Waals surface area (Å²) in [5.74, 6) is -0.982. The Labute approximate surface area is 200 Å². The number of hydrogen-bond acceptors (Lipinski definition) is 6. The van der Waals surface area contributed by atoms with Crippen molar-refractivity contribution in [2.75, 3.05) is 18.4 Å². The van der Waals surface area contributed by atoms with Crippen LogP contribution in [0.3, 0.4) is 0 Å². The average Bonchev–Trinajstić information content (AvgIpc) is 3.53. The highest BCUT2D eigenvalue weighted by Crippen LogP contribution is 2.24. The summed E-state index contributed by atoms with van der Waals surface area (Å²) < 4.78 is 36.7. The van der Waals surface area contributed by atoms with E-state index >= 15 is 0 Å². The summed E-state index contributed by atoms with van der Waals surface area (Å²) >= 11 is 0. The predicted molar refractivity (Wildman–Crippen MR) is 130 cm³/mol. The number of aryl methyl sites for hydroxylation is 3. The molecule has 0 spiro atoms. The third kappa shape index (κ3) is 3.98. The van der Waals surface area contributed by atoms with Crippen LogP contribution in [0.5, 0.6) is 0 Å². The number of nitrogens with zero attached hydrogens (tertiary/aromatic N) is 4. The van der Waals surface area contributed by atoms with E-state index in [-0.39, 0.29) is 35.0 Å². The summed E-state index contributed by atoms with van der Waals surface area (Å²) in [5, 5.41) is 2.79. The maximum atomic E-state index is 12.8. The number of hydrogen-bond donors (Lipinski definition) is 1. The lowest BCUT2D eigenvalue weighted by atomic mass is 10.2. The number of anilines is 1. The van der Waals surface area contributed by atoms with Gasteiger partial charge in [0.1, 0.15) is 0 Å². The summed E-state index contributed by atoms with van der Waals surface area (Å²) in [4.78, 5) is 37.2. The summed E-state index contributed by atoms with van der Waals surface area (Å²) in [6.45, 7) is 1.02. The van der Waals surface area contributed by atoms with Gasteiger partial charge in [0.2, 0.25) is 15.9 Å². The van der Waals surface area contributed by atoms with E-state index in [1.807, 2.05) is 0 Å². The minimum Gasteiger partial charge on any atom is -0.408 e. The van der Waals surface area contributed by atoms with Gasteiger partial charge in [-0.3, -0.25) is 18.5 Å². The zero-order valence-electron chi connectivity index (χ0n) is 19.4. The maximum Gasteiger partial charge on any atom is 0.419 e. The summed E-state index contributed by atoms with van der Waals surface area (Å²) in [6.07, 6.45) is 1.65. The number of amides is 1. The van der Waals surface area contributed by atoms with Crippen molar-refractivity contribution in [1.29, 1.82) is 0 Å². The molecule has 1 aliphatic rings. The minimum atomic E-state index is -3.64. The number of imidazole rings is 1. The van der Waals surface area contributed by atoms with Crippen LogP contribution in [0.15, 0.2) is 55.3 Å². The lowest BCUT2D eigenvalue weighted by molar-refractivity contribution is -0.116. The van der Waals surface area contributed by atoms with E-state index in [1.165, 1.54) is 36.2 Å². The Morgan fingerprint density at radius 1 is 0.971 bits per heavy atom. The predicted octanol–water partition coefficient (Wildman–Crippen LogP) is 1.60. The van der Waals surface area contributed by atoms with E-state index in [2.05, 4.69) is 5.32 Å². The van der Waals surface area contributed by atoms with Gasteiger partial charge in [0, 0.05) is 51.9 Å². The van der Waals surface area contributed by atoms with Crippen molar-refractivity contribution in [3.05, 3.63) is 57.4 Å². The molecule has 1 amide bonds. The van der Waals surface area contributed by atoms with Gasteiger partial charge in [0.05, 0.1) is 21.4 Å². The molecule has 4 aromatic rings. The summed E-state index contributed by atoms with van der Waals surface area (Å²) in [7, 11) is -0.297. The Kier molecular flexibility index (Phi) is 5.64. The van der Waals surface area contributed by atoms with E-state index in [0.717, 1.165) is 18.4 Å². The average molecular weight is 500 g/mol. The van der Waals surface area contributed by atoms with Gasteiger partial charge in [0.15, 0.2) is 5.58 Å². The third-order valence-corrected chi connectivity index (χ3v) is 8.36. The van der Waals surface area contributed by atoms with Crippen LogP contribution in [-0.2, 0) is 35.5 Å². The van der Waals surface area contributed by atoms with Crippen molar-refractivity contribution < 1.29 is 17.6 Å². The number of nitrogens with one attached hydrogen (secondary N) is 1. The Hall–Kier alpha value is -3.64. The molecule has 1 N–H and O–H groups in total. The topological polar surface area (TPSA) is 129 Å². The lowest BCUT2D eigenvalue weighted by Crippen LogP contribution is -2.27. The van der Waals surface area contributed by atoms with Crippen LogP contribution in [0.1, 0.15) is 19.3 Å². The lowest BCUT2D eigenvalue weighted by Gasteiger charge is -2.15. The van der Waals surface area contributed by atoms with Crippen LogP contribution in [0.4, 0.5) is 5.69 Å². The van der Waals surface area contributed by atoms with Gasteiger partial charge in [-0.1, -0.05) is 0 Å². The van der Waals surface area contributed by atoms with Crippen LogP contribution < -0.4 is 16.8 Å². The fraction of sp³-hybridized carbons (Fsp3) is 0.348. The second-order valence-electron chi connectivity index (χ2n) is 8.66. The second kappa shape index (κ2) is 8.54. The molecular formula is C23H25N5O6S. The van der Waals surface area contributed by atoms with Crippen molar-refractivity contribution >= 4 is 43.8 Å². The van der Waals surface area contributed by atoms with Crippen molar-refractivity contribution in [2.45, 2.75) is 30.7 Å². The highest BCUT2D eigenvalue weighted by molar-refractivity contribution is 7.89. The first-order valence-electron chi connectivity index (χ1n) is 11.3. The van der Waals surface area contributed by atoms with E-state index < -0.39 is 15.8 Å². The molecular weight excluding hydrogens is 474 g/mol. The zero-order valence-corrected chi connectivity index (χ0v) is 20.2. The van der Waals surface area contributed by atoms with Crippen LogP contribution in [0, 0.1) is 0 Å². The first-order valence-corrected chi connectivity index (χ1v) is 12.7. The molecule has 12 heteroatoms. The van der Waals surface area contributed by atoms with Gasteiger partial charge in [-0.15, -0.1) is 0 Å². The standard InChI is InChI=1S/C23H25N5O6S/c1-25-17-7-5-15(13-19(17)26(2)22(25)30)24-21(29)9-12-28-18-8-6-16(14-20(18)34-23(28)31)35(32,33)27-10-3-4-11-27/h5-8,13-14H,3-4,9-12H2,1-2H3,(H,24,29). The van der Waals surface area contributed by atoms with Crippen LogP contribution in [0.2, 0.25) is 0 Å². The van der Waals surface area contributed by atoms with Crippen molar-refractivity contribution in [3.8, 4) is 0 Å². The quantitative estimate of drug-likeness (QED) is 0.429. The molecule has 0 bridgehead atoms. The monoisotopic (exact) mass is 499 g/mol. The van der Waals surface area contributed by atoms with Crippen LogP contribution in [0.25, 0.3) is 22.1 Å². The molecule has 184 valence electrons. The molecule has 2 aromatic carbocycles. The molecule has 1 aliphatic heterocycles. The van der Waals surface area contributed by atoms with Crippen LogP contribution >= 0.6 is 0 Å². The number of carbonyl (C=O) groups excluding carboxylic acids is 1. The van der Waals surface area contributed by atoms with Crippen molar-refractivity contribution in [3.63, 3.8) is 0 Å². The summed E-state index contributed by atoms with van der Waals surface area (Å²) in [6, 6.07) is 9.54. The molecule has 0 atom stereocenters. The fourth-order valence-electron chi connectivity index (χ4n) is 4.52. The highest BCUT2D eigenvalue weighted by Gasteiger charge is 2.28. The second-order valence-corrected chi connectivity index (χ2v) is 10.6. The Morgan fingerprint density at radius 3 is 2.40 bits per heavy atom. The van der Waals surface area contributed by atoms with Gasteiger partial charge in [-0.2, -0.15) is 4.31 Å².